The first kappa shape index (κ1) is 13.9. The van der Waals surface area contributed by atoms with Gasteiger partial charge in [0.05, 0.1) is 11.3 Å². The van der Waals surface area contributed by atoms with E-state index in [-0.39, 0.29) is 11.1 Å². The fourth-order valence-corrected chi connectivity index (χ4v) is 2.35. The first-order valence-corrected chi connectivity index (χ1v) is 6.48. The van der Waals surface area contributed by atoms with Gasteiger partial charge in [0.15, 0.2) is 0 Å². The topological polar surface area (TPSA) is 54.9 Å². The second-order valence-electron chi connectivity index (χ2n) is 4.43. The highest BCUT2D eigenvalue weighted by Gasteiger charge is 2.16. The van der Waals surface area contributed by atoms with Gasteiger partial charge >= 0.3 is 5.69 Å². The predicted molar refractivity (Wildman–Crippen MR) is 76.8 cm³/mol. The standard InChI is InChI=1S/C13H12Cl2N2O2/c1-7(2)10-11(15)16-13(19)17(12(10)18)9-5-3-8(14)4-6-9/h3-7H,1-2H3,(H,16,19). The molecule has 1 aromatic carbocycles. The van der Waals surface area contributed by atoms with Gasteiger partial charge in [0.25, 0.3) is 5.56 Å². The van der Waals surface area contributed by atoms with Gasteiger partial charge in [-0.1, -0.05) is 37.0 Å². The molecule has 0 radical (unpaired) electrons. The molecule has 0 saturated carbocycles. The molecule has 2 rings (SSSR count). The summed E-state index contributed by atoms with van der Waals surface area (Å²) < 4.78 is 1.05. The van der Waals surface area contributed by atoms with Crippen molar-refractivity contribution in [3.63, 3.8) is 0 Å². The summed E-state index contributed by atoms with van der Waals surface area (Å²) in [5, 5.41) is 0.626. The van der Waals surface area contributed by atoms with Gasteiger partial charge in [-0.2, -0.15) is 0 Å². The summed E-state index contributed by atoms with van der Waals surface area (Å²) in [7, 11) is 0. The molecule has 0 aliphatic heterocycles. The van der Waals surface area contributed by atoms with Crippen LogP contribution in [0.2, 0.25) is 10.2 Å². The van der Waals surface area contributed by atoms with Crippen LogP contribution >= 0.6 is 23.2 Å². The van der Waals surface area contributed by atoms with Gasteiger partial charge in [-0.05, 0) is 30.2 Å². The summed E-state index contributed by atoms with van der Waals surface area (Å²) in [4.78, 5) is 26.8. The van der Waals surface area contributed by atoms with E-state index in [0.29, 0.717) is 16.3 Å². The lowest BCUT2D eigenvalue weighted by molar-refractivity contribution is 0.777. The van der Waals surface area contributed by atoms with Crippen molar-refractivity contribution >= 4 is 23.2 Å². The van der Waals surface area contributed by atoms with Crippen molar-refractivity contribution in [1.82, 2.24) is 9.55 Å². The molecule has 100 valence electrons. The minimum absolute atomic E-state index is 0.0876. The minimum Gasteiger partial charge on any atom is -0.297 e. The zero-order valence-corrected chi connectivity index (χ0v) is 11.9. The smallest absolute Gasteiger partial charge is 0.297 e. The Morgan fingerprint density at radius 1 is 1.11 bits per heavy atom. The maximum absolute atomic E-state index is 12.4. The molecule has 1 heterocycles. The van der Waals surface area contributed by atoms with E-state index < -0.39 is 11.2 Å². The number of aromatic amines is 1. The second-order valence-corrected chi connectivity index (χ2v) is 5.24. The van der Waals surface area contributed by atoms with Crippen molar-refractivity contribution in [1.29, 1.82) is 0 Å². The third-order valence-corrected chi connectivity index (χ3v) is 3.30. The monoisotopic (exact) mass is 298 g/mol. The molecule has 4 nitrogen and oxygen atoms in total. The van der Waals surface area contributed by atoms with Crippen LogP contribution in [0.15, 0.2) is 33.9 Å². The van der Waals surface area contributed by atoms with Gasteiger partial charge in [-0.3, -0.25) is 9.78 Å². The van der Waals surface area contributed by atoms with Crippen LogP contribution in [-0.2, 0) is 0 Å². The number of nitrogens with zero attached hydrogens (tertiary/aromatic N) is 1. The van der Waals surface area contributed by atoms with E-state index >= 15 is 0 Å². The van der Waals surface area contributed by atoms with Crippen molar-refractivity contribution in [2.45, 2.75) is 19.8 Å². The summed E-state index contributed by atoms with van der Waals surface area (Å²) in [6.07, 6.45) is 0. The van der Waals surface area contributed by atoms with Gasteiger partial charge in [-0.25, -0.2) is 9.36 Å². The van der Waals surface area contributed by atoms with Crippen LogP contribution in [0.25, 0.3) is 5.69 Å². The van der Waals surface area contributed by atoms with Crippen LogP contribution in [0.5, 0.6) is 0 Å². The van der Waals surface area contributed by atoms with E-state index in [2.05, 4.69) is 4.98 Å². The largest absolute Gasteiger partial charge is 0.334 e. The van der Waals surface area contributed by atoms with Gasteiger partial charge < -0.3 is 0 Å². The van der Waals surface area contributed by atoms with Crippen molar-refractivity contribution in [3.8, 4) is 5.69 Å². The summed E-state index contributed by atoms with van der Waals surface area (Å²) in [6.45, 7) is 3.68. The van der Waals surface area contributed by atoms with Gasteiger partial charge in [0.1, 0.15) is 5.15 Å². The fraction of sp³-hybridized carbons (Fsp3) is 0.231. The zero-order chi connectivity index (χ0) is 14.2. The molecule has 0 saturated heterocycles. The maximum atomic E-state index is 12.4. The van der Waals surface area contributed by atoms with Crippen LogP contribution in [-0.4, -0.2) is 9.55 Å². The quantitative estimate of drug-likeness (QED) is 0.867. The lowest BCUT2D eigenvalue weighted by Crippen LogP contribution is -2.36. The third-order valence-electron chi connectivity index (χ3n) is 2.75. The van der Waals surface area contributed by atoms with E-state index in [9.17, 15) is 9.59 Å². The Balaban J connectivity index is 2.78. The Kier molecular flexibility index (Phi) is 3.83. The molecule has 6 heteroatoms. The molecule has 0 spiro atoms. The van der Waals surface area contributed by atoms with Gasteiger partial charge in [0.2, 0.25) is 0 Å². The highest BCUT2D eigenvalue weighted by atomic mass is 35.5. The van der Waals surface area contributed by atoms with E-state index in [0.717, 1.165) is 4.57 Å². The van der Waals surface area contributed by atoms with E-state index in [1.165, 1.54) is 0 Å². The molecule has 0 atom stereocenters. The summed E-state index contributed by atoms with van der Waals surface area (Å²) in [5.74, 6) is -0.0876. The van der Waals surface area contributed by atoms with E-state index in [4.69, 9.17) is 23.2 Å². The summed E-state index contributed by atoms with van der Waals surface area (Å²) in [6, 6.07) is 6.45. The van der Waals surface area contributed by atoms with Gasteiger partial charge in [0, 0.05) is 5.02 Å². The molecule has 0 bridgehead atoms. The summed E-state index contributed by atoms with van der Waals surface area (Å²) in [5.41, 5.74) is -0.141. The predicted octanol–water partition coefficient (Wildman–Crippen LogP) is 2.96. The van der Waals surface area contributed by atoms with Crippen LogP contribution in [0, 0.1) is 0 Å². The van der Waals surface area contributed by atoms with E-state index in [1.807, 2.05) is 13.8 Å². The minimum atomic E-state index is -0.568. The third kappa shape index (κ3) is 2.60. The number of nitrogens with one attached hydrogen (secondary N) is 1. The highest BCUT2D eigenvalue weighted by Crippen LogP contribution is 2.18. The van der Waals surface area contributed by atoms with Crippen molar-refractivity contribution in [3.05, 3.63) is 60.8 Å². The van der Waals surface area contributed by atoms with Gasteiger partial charge in [-0.15, -0.1) is 0 Å². The molecule has 0 aliphatic rings. The van der Waals surface area contributed by atoms with Crippen molar-refractivity contribution < 1.29 is 0 Å². The number of rotatable bonds is 2. The first-order chi connectivity index (χ1) is 8.91. The molecule has 0 aliphatic carbocycles. The van der Waals surface area contributed by atoms with Crippen molar-refractivity contribution in [2.24, 2.45) is 0 Å². The average Bonchev–Trinajstić information content (AvgIpc) is 2.30. The molecule has 2 aromatic rings. The number of hydrogen-bond donors (Lipinski definition) is 1. The number of aromatic nitrogens is 2. The number of benzene rings is 1. The Hall–Kier alpha value is -1.52. The highest BCUT2D eigenvalue weighted by molar-refractivity contribution is 6.30. The zero-order valence-electron chi connectivity index (χ0n) is 10.4. The Labute approximate surface area is 119 Å². The Bertz CT molecular complexity index is 715. The van der Waals surface area contributed by atoms with E-state index in [1.54, 1.807) is 24.3 Å². The van der Waals surface area contributed by atoms with Crippen LogP contribution in [0.1, 0.15) is 25.3 Å². The second kappa shape index (κ2) is 5.23. The molecule has 0 fully saturated rings. The molecule has 1 N–H and O–H groups in total. The fourth-order valence-electron chi connectivity index (χ4n) is 1.85. The molecule has 19 heavy (non-hydrogen) atoms. The molecule has 0 amide bonds. The lowest BCUT2D eigenvalue weighted by atomic mass is 10.1. The molecule has 1 aromatic heterocycles. The lowest BCUT2D eigenvalue weighted by Gasteiger charge is -2.11. The molecular formula is C13H12Cl2N2O2. The first-order valence-electron chi connectivity index (χ1n) is 5.72. The Morgan fingerprint density at radius 2 is 1.68 bits per heavy atom. The average molecular weight is 299 g/mol. The molecule has 0 unspecified atom stereocenters. The maximum Gasteiger partial charge on any atom is 0.334 e. The SMILES string of the molecule is CC(C)c1c(Cl)[nH]c(=O)n(-c2ccc(Cl)cc2)c1=O. The number of H-pyrrole nitrogens is 1. The normalized spacial score (nSPS) is 11.0. The van der Waals surface area contributed by atoms with Crippen molar-refractivity contribution in [2.75, 3.05) is 0 Å². The van der Waals surface area contributed by atoms with Crippen LogP contribution < -0.4 is 11.2 Å². The molecular weight excluding hydrogens is 287 g/mol. The summed E-state index contributed by atoms with van der Waals surface area (Å²) >= 11 is 11.7. The van der Waals surface area contributed by atoms with Crippen LogP contribution in [0.4, 0.5) is 0 Å². The number of halogens is 2. The number of hydrogen-bond acceptors (Lipinski definition) is 2. The Morgan fingerprint density at radius 3 is 2.21 bits per heavy atom. The van der Waals surface area contributed by atoms with Crippen LogP contribution in [0.3, 0.4) is 0 Å².